The van der Waals surface area contributed by atoms with Gasteiger partial charge in [-0.05, 0) is 49.9 Å². The molecular weight excluding hydrogens is 210 g/mol. The van der Waals surface area contributed by atoms with E-state index in [0.29, 0.717) is 12.0 Å². The van der Waals surface area contributed by atoms with E-state index in [2.05, 4.69) is 19.2 Å². The van der Waals surface area contributed by atoms with E-state index in [1.807, 2.05) is 0 Å². The van der Waals surface area contributed by atoms with Crippen LogP contribution in [0, 0.1) is 17.8 Å². The maximum atomic E-state index is 9.87. The van der Waals surface area contributed by atoms with Crippen molar-refractivity contribution >= 4 is 0 Å². The Morgan fingerprint density at radius 2 is 1.94 bits per heavy atom. The molecule has 2 saturated carbocycles. The molecular formula is C15H29NO. The van der Waals surface area contributed by atoms with Crippen LogP contribution in [-0.2, 0) is 0 Å². The molecule has 3 atom stereocenters. The van der Waals surface area contributed by atoms with Gasteiger partial charge in [-0.3, -0.25) is 0 Å². The third-order valence-corrected chi connectivity index (χ3v) is 4.37. The van der Waals surface area contributed by atoms with Gasteiger partial charge in [-0.15, -0.1) is 0 Å². The highest BCUT2D eigenvalue weighted by atomic mass is 16.3. The molecule has 0 radical (unpaired) electrons. The molecule has 17 heavy (non-hydrogen) atoms. The second kappa shape index (κ2) is 6.19. The highest BCUT2D eigenvalue weighted by molar-refractivity contribution is 4.85. The van der Waals surface area contributed by atoms with Crippen LogP contribution in [0.2, 0.25) is 0 Å². The average Bonchev–Trinajstić information content (AvgIpc) is 3.09. The molecule has 0 aromatic carbocycles. The van der Waals surface area contributed by atoms with Gasteiger partial charge in [-0.1, -0.05) is 26.7 Å². The predicted molar refractivity (Wildman–Crippen MR) is 71.9 cm³/mol. The van der Waals surface area contributed by atoms with Crippen molar-refractivity contribution in [1.29, 1.82) is 0 Å². The molecule has 0 aliphatic heterocycles. The van der Waals surface area contributed by atoms with Crippen molar-refractivity contribution in [2.24, 2.45) is 17.8 Å². The first kappa shape index (κ1) is 13.4. The van der Waals surface area contributed by atoms with Gasteiger partial charge in [-0.2, -0.15) is 0 Å². The molecule has 2 rings (SSSR count). The predicted octanol–water partition coefficient (Wildman–Crippen LogP) is 2.95. The van der Waals surface area contributed by atoms with E-state index in [1.165, 1.54) is 44.9 Å². The zero-order valence-electron chi connectivity index (χ0n) is 11.5. The van der Waals surface area contributed by atoms with Crippen LogP contribution in [0.1, 0.15) is 58.8 Å². The van der Waals surface area contributed by atoms with E-state index in [4.69, 9.17) is 0 Å². The number of hydrogen-bond acceptors (Lipinski definition) is 2. The summed E-state index contributed by atoms with van der Waals surface area (Å²) in [5.74, 6) is 2.35. The summed E-state index contributed by atoms with van der Waals surface area (Å²) in [4.78, 5) is 0. The summed E-state index contributed by atoms with van der Waals surface area (Å²) in [7, 11) is 0. The maximum Gasteiger partial charge on any atom is 0.0692 e. The minimum atomic E-state index is -0.0829. The summed E-state index contributed by atoms with van der Waals surface area (Å²) >= 11 is 0. The Hall–Kier alpha value is -0.0800. The molecule has 0 aromatic rings. The van der Waals surface area contributed by atoms with Gasteiger partial charge in [0.1, 0.15) is 0 Å². The second-order valence-corrected chi connectivity index (χ2v) is 6.67. The highest BCUT2D eigenvalue weighted by Gasteiger charge is 2.30. The summed E-state index contributed by atoms with van der Waals surface area (Å²) in [5, 5.41) is 13.5. The van der Waals surface area contributed by atoms with E-state index < -0.39 is 0 Å². The van der Waals surface area contributed by atoms with Crippen LogP contribution in [0.5, 0.6) is 0 Å². The monoisotopic (exact) mass is 239 g/mol. The number of nitrogens with one attached hydrogen (secondary N) is 1. The SMILES string of the molecule is CC(C)CC1CCCC(NCC(O)C2CC2)C1. The quantitative estimate of drug-likeness (QED) is 0.747. The van der Waals surface area contributed by atoms with Crippen molar-refractivity contribution in [1.82, 2.24) is 5.32 Å². The van der Waals surface area contributed by atoms with E-state index in [1.54, 1.807) is 0 Å². The lowest BCUT2D eigenvalue weighted by Crippen LogP contribution is -2.39. The summed E-state index contributed by atoms with van der Waals surface area (Å²) in [6.07, 6.45) is 9.20. The fourth-order valence-corrected chi connectivity index (χ4v) is 3.29. The number of rotatable bonds is 6. The van der Waals surface area contributed by atoms with Crippen LogP contribution in [0.4, 0.5) is 0 Å². The lowest BCUT2D eigenvalue weighted by molar-refractivity contribution is 0.137. The standard InChI is InChI=1S/C15H29NO/c1-11(2)8-12-4-3-5-14(9-12)16-10-15(17)13-6-7-13/h11-17H,3-10H2,1-2H3. The molecule has 0 spiro atoms. The van der Waals surface area contributed by atoms with Gasteiger partial charge in [0.05, 0.1) is 6.10 Å². The van der Waals surface area contributed by atoms with E-state index in [0.717, 1.165) is 18.4 Å². The van der Waals surface area contributed by atoms with Crippen molar-refractivity contribution in [3.8, 4) is 0 Å². The van der Waals surface area contributed by atoms with Crippen LogP contribution in [0.15, 0.2) is 0 Å². The van der Waals surface area contributed by atoms with Gasteiger partial charge >= 0.3 is 0 Å². The van der Waals surface area contributed by atoms with Gasteiger partial charge in [0.15, 0.2) is 0 Å². The number of aliphatic hydroxyl groups excluding tert-OH is 1. The molecule has 100 valence electrons. The molecule has 0 bridgehead atoms. The van der Waals surface area contributed by atoms with Crippen molar-refractivity contribution < 1.29 is 5.11 Å². The minimum absolute atomic E-state index is 0.0829. The zero-order valence-corrected chi connectivity index (χ0v) is 11.5. The van der Waals surface area contributed by atoms with Gasteiger partial charge in [0.2, 0.25) is 0 Å². The molecule has 2 aliphatic rings. The normalized spacial score (nSPS) is 31.8. The molecule has 2 N–H and O–H groups in total. The fourth-order valence-electron chi connectivity index (χ4n) is 3.29. The Kier molecular flexibility index (Phi) is 4.87. The molecule has 2 heteroatoms. The van der Waals surface area contributed by atoms with Crippen LogP contribution in [0.25, 0.3) is 0 Å². The maximum absolute atomic E-state index is 9.87. The first-order valence-corrected chi connectivity index (χ1v) is 7.56. The first-order chi connectivity index (χ1) is 8.15. The molecule has 3 unspecified atom stereocenters. The minimum Gasteiger partial charge on any atom is -0.392 e. The van der Waals surface area contributed by atoms with Crippen molar-refractivity contribution in [3.63, 3.8) is 0 Å². The lowest BCUT2D eigenvalue weighted by Gasteiger charge is -2.31. The van der Waals surface area contributed by atoms with Crippen LogP contribution in [-0.4, -0.2) is 23.8 Å². The molecule has 0 saturated heterocycles. The fraction of sp³-hybridized carbons (Fsp3) is 1.00. The van der Waals surface area contributed by atoms with E-state index >= 15 is 0 Å². The second-order valence-electron chi connectivity index (χ2n) is 6.67. The molecule has 0 amide bonds. The largest absolute Gasteiger partial charge is 0.392 e. The molecule has 2 fully saturated rings. The molecule has 0 aromatic heterocycles. The van der Waals surface area contributed by atoms with Gasteiger partial charge < -0.3 is 10.4 Å². The Bertz CT molecular complexity index is 225. The third kappa shape index (κ3) is 4.59. The zero-order chi connectivity index (χ0) is 12.3. The topological polar surface area (TPSA) is 32.3 Å². The Morgan fingerprint density at radius 3 is 2.59 bits per heavy atom. The molecule has 0 heterocycles. The summed E-state index contributed by atoms with van der Waals surface area (Å²) in [6, 6.07) is 0.667. The molecule has 2 aliphatic carbocycles. The van der Waals surface area contributed by atoms with Crippen LogP contribution in [0.3, 0.4) is 0 Å². The van der Waals surface area contributed by atoms with Crippen LogP contribution >= 0.6 is 0 Å². The Labute approximate surface area is 106 Å². The summed E-state index contributed by atoms with van der Waals surface area (Å²) < 4.78 is 0. The van der Waals surface area contributed by atoms with Gasteiger partial charge in [0, 0.05) is 12.6 Å². The highest BCUT2D eigenvalue weighted by Crippen LogP contribution is 2.33. The smallest absolute Gasteiger partial charge is 0.0692 e. The number of aliphatic hydroxyl groups is 1. The molecule has 2 nitrogen and oxygen atoms in total. The first-order valence-electron chi connectivity index (χ1n) is 7.56. The van der Waals surface area contributed by atoms with Gasteiger partial charge in [-0.25, -0.2) is 0 Å². The van der Waals surface area contributed by atoms with Crippen molar-refractivity contribution in [3.05, 3.63) is 0 Å². The van der Waals surface area contributed by atoms with Crippen molar-refractivity contribution in [2.75, 3.05) is 6.54 Å². The Balaban J connectivity index is 1.65. The van der Waals surface area contributed by atoms with E-state index in [-0.39, 0.29) is 6.10 Å². The number of hydrogen-bond donors (Lipinski definition) is 2. The summed E-state index contributed by atoms with van der Waals surface area (Å²) in [5.41, 5.74) is 0. The van der Waals surface area contributed by atoms with E-state index in [9.17, 15) is 5.11 Å². The average molecular weight is 239 g/mol. The summed E-state index contributed by atoms with van der Waals surface area (Å²) in [6.45, 7) is 5.48. The Morgan fingerprint density at radius 1 is 1.18 bits per heavy atom. The van der Waals surface area contributed by atoms with Crippen molar-refractivity contribution in [2.45, 2.75) is 70.9 Å². The lowest BCUT2D eigenvalue weighted by atomic mass is 9.81. The van der Waals surface area contributed by atoms with Crippen LogP contribution < -0.4 is 5.32 Å². The van der Waals surface area contributed by atoms with Gasteiger partial charge in [0.25, 0.3) is 0 Å². The third-order valence-electron chi connectivity index (χ3n) is 4.37.